The van der Waals surface area contributed by atoms with Crippen LogP contribution in [-0.2, 0) is 9.53 Å². The zero-order valence-electron chi connectivity index (χ0n) is 10.0. The number of hydrogen-bond donors (Lipinski definition) is 1. The SMILES string of the molecule is C=CCOC(=O)N1C[C@H]2[C@@H]([C@H]1C(=O)O)C2(C)C. The van der Waals surface area contributed by atoms with Crippen molar-refractivity contribution in [3.8, 4) is 0 Å². The van der Waals surface area contributed by atoms with Gasteiger partial charge in [-0.3, -0.25) is 4.90 Å². The van der Waals surface area contributed by atoms with Gasteiger partial charge >= 0.3 is 12.1 Å². The van der Waals surface area contributed by atoms with Gasteiger partial charge in [-0.2, -0.15) is 0 Å². The standard InChI is InChI=1S/C12H17NO4/c1-4-5-17-11(16)13-6-7-8(12(7,2)3)9(13)10(14)15/h4,7-9H,1,5-6H2,2-3H3,(H,14,15)/t7-,8-,9-/m0/s1. The zero-order chi connectivity index (χ0) is 12.8. The highest BCUT2D eigenvalue weighted by Gasteiger charge is 2.69. The highest BCUT2D eigenvalue weighted by Crippen LogP contribution is 2.64. The Morgan fingerprint density at radius 1 is 1.59 bits per heavy atom. The first kappa shape index (κ1) is 12.0. The van der Waals surface area contributed by atoms with Crippen LogP contribution in [0.4, 0.5) is 4.79 Å². The van der Waals surface area contributed by atoms with Crippen LogP contribution < -0.4 is 0 Å². The molecular weight excluding hydrogens is 222 g/mol. The quantitative estimate of drug-likeness (QED) is 0.755. The van der Waals surface area contributed by atoms with Crippen LogP contribution in [0.2, 0.25) is 0 Å². The summed E-state index contributed by atoms with van der Waals surface area (Å²) in [5.74, 6) is -0.616. The lowest BCUT2D eigenvalue weighted by molar-refractivity contribution is -0.143. The van der Waals surface area contributed by atoms with E-state index in [1.165, 1.54) is 11.0 Å². The molecule has 0 bridgehead atoms. The molecule has 1 amide bonds. The highest BCUT2D eigenvalue weighted by atomic mass is 16.6. The van der Waals surface area contributed by atoms with E-state index in [-0.39, 0.29) is 23.9 Å². The Morgan fingerprint density at radius 2 is 2.24 bits per heavy atom. The summed E-state index contributed by atoms with van der Waals surface area (Å²) < 4.78 is 4.90. The molecule has 1 saturated carbocycles. The Morgan fingerprint density at radius 3 is 2.76 bits per heavy atom. The van der Waals surface area contributed by atoms with Crippen molar-refractivity contribution in [2.75, 3.05) is 13.2 Å². The Hall–Kier alpha value is -1.52. The van der Waals surface area contributed by atoms with Gasteiger partial charge in [-0.25, -0.2) is 9.59 Å². The van der Waals surface area contributed by atoms with Gasteiger partial charge in [0.2, 0.25) is 0 Å². The van der Waals surface area contributed by atoms with Gasteiger partial charge in [-0.15, -0.1) is 0 Å². The summed E-state index contributed by atoms with van der Waals surface area (Å²) >= 11 is 0. The lowest BCUT2D eigenvalue weighted by atomic mass is 10.0. The first-order valence-electron chi connectivity index (χ1n) is 5.68. The van der Waals surface area contributed by atoms with E-state index in [4.69, 9.17) is 4.74 Å². The maximum atomic E-state index is 11.7. The molecule has 1 aliphatic heterocycles. The molecule has 2 rings (SSSR count). The van der Waals surface area contributed by atoms with Gasteiger partial charge in [0, 0.05) is 12.5 Å². The van der Waals surface area contributed by atoms with E-state index in [9.17, 15) is 14.7 Å². The number of rotatable bonds is 3. The molecule has 0 aromatic rings. The third-order valence-corrected chi connectivity index (χ3v) is 4.02. The smallest absolute Gasteiger partial charge is 0.410 e. The second-order valence-electron chi connectivity index (χ2n) is 5.25. The largest absolute Gasteiger partial charge is 0.480 e. The topological polar surface area (TPSA) is 66.8 Å². The normalized spacial score (nSPS) is 32.8. The van der Waals surface area contributed by atoms with Crippen LogP contribution in [0.1, 0.15) is 13.8 Å². The molecule has 5 nitrogen and oxygen atoms in total. The Labute approximate surface area is 100 Å². The molecule has 0 radical (unpaired) electrons. The van der Waals surface area contributed by atoms with Crippen LogP contribution in [0.15, 0.2) is 12.7 Å². The number of aliphatic carboxylic acids is 1. The van der Waals surface area contributed by atoms with Crippen molar-refractivity contribution >= 4 is 12.1 Å². The minimum atomic E-state index is -0.946. The van der Waals surface area contributed by atoms with Crippen LogP contribution >= 0.6 is 0 Å². The number of amides is 1. The lowest BCUT2D eigenvalue weighted by Crippen LogP contribution is -2.45. The molecule has 94 valence electrons. The second-order valence-corrected chi connectivity index (χ2v) is 5.25. The number of ether oxygens (including phenoxy) is 1. The fourth-order valence-corrected chi connectivity index (χ4v) is 2.97. The highest BCUT2D eigenvalue weighted by molar-refractivity contribution is 5.82. The van der Waals surface area contributed by atoms with Crippen molar-refractivity contribution in [3.63, 3.8) is 0 Å². The lowest BCUT2D eigenvalue weighted by Gasteiger charge is -2.26. The third kappa shape index (κ3) is 1.69. The van der Waals surface area contributed by atoms with Gasteiger partial charge < -0.3 is 9.84 Å². The predicted octanol–water partition coefficient (Wildman–Crippen LogP) is 1.35. The molecule has 1 saturated heterocycles. The molecular formula is C12H17NO4. The van der Waals surface area contributed by atoms with Gasteiger partial charge in [0.25, 0.3) is 0 Å². The summed E-state index contributed by atoms with van der Waals surface area (Å²) in [5, 5.41) is 9.22. The van der Waals surface area contributed by atoms with Gasteiger partial charge in [-0.1, -0.05) is 26.5 Å². The molecule has 3 atom stereocenters. The van der Waals surface area contributed by atoms with E-state index in [1.807, 2.05) is 13.8 Å². The molecule has 2 aliphatic rings. The number of carbonyl (C=O) groups excluding carboxylic acids is 1. The number of carbonyl (C=O) groups is 2. The van der Waals surface area contributed by atoms with E-state index in [1.54, 1.807) is 0 Å². The number of carboxylic acid groups (broad SMARTS) is 1. The number of fused-ring (bicyclic) bond motifs is 1. The van der Waals surface area contributed by atoms with Crippen molar-refractivity contribution < 1.29 is 19.4 Å². The van der Waals surface area contributed by atoms with Gasteiger partial charge in [0.05, 0.1) is 0 Å². The summed E-state index contributed by atoms with van der Waals surface area (Å²) in [4.78, 5) is 24.3. The van der Waals surface area contributed by atoms with Crippen molar-refractivity contribution in [2.45, 2.75) is 19.9 Å². The minimum absolute atomic E-state index is 0.0261. The van der Waals surface area contributed by atoms with Gasteiger partial charge in [0.1, 0.15) is 12.6 Å². The molecule has 1 aliphatic carbocycles. The van der Waals surface area contributed by atoms with Crippen LogP contribution in [0.3, 0.4) is 0 Å². The second kappa shape index (κ2) is 3.75. The molecule has 1 N–H and O–H groups in total. The van der Waals surface area contributed by atoms with Crippen molar-refractivity contribution in [1.29, 1.82) is 0 Å². The summed E-state index contributed by atoms with van der Waals surface area (Å²) in [6.45, 7) is 8.13. The molecule has 0 aromatic heterocycles. The van der Waals surface area contributed by atoms with Crippen LogP contribution in [-0.4, -0.2) is 41.3 Å². The molecule has 0 unspecified atom stereocenters. The first-order valence-corrected chi connectivity index (χ1v) is 5.68. The summed E-state index contributed by atoms with van der Waals surface area (Å²) in [6.07, 6.45) is 0.911. The van der Waals surface area contributed by atoms with E-state index in [2.05, 4.69) is 6.58 Å². The third-order valence-electron chi connectivity index (χ3n) is 4.02. The predicted molar refractivity (Wildman–Crippen MR) is 60.4 cm³/mol. The Bertz CT molecular complexity index is 377. The van der Waals surface area contributed by atoms with Crippen molar-refractivity contribution in [2.24, 2.45) is 17.3 Å². The van der Waals surface area contributed by atoms with E-state index in [0.29, 0.717) is 6.54 Å². The maximum absolute atomic E-state index is 11.7. The molecule has 1 heterocycles. The summed E-state index contributed by atoms with van der Waals surface area (Å²) in [7, 11) is 0. The number of piperidine rings is 1. The molecule has 17 heavy (non-hydrogen) atoms. The molecule has 5 heteroatoms. The molecule has 2 fully saturated rings. The molecule has 0 spiro atoms. The Balaban J connectivity index is 2.08. The Kier molecular flexibility index (Phi) is 2.64. The molecule has 0 aromatic carbocycles. The maximum Gasteiger partial charge on any atom is 0.410 e. The van der Waals surface area contributed by atoms with Gasteiger partial charge in [-0.05, 0) is 11.3 Å². The van der Waals surface area contributed by atoms with Crippen LogP contribution in [0.25, 0.3) is 0 Å². The average molecular weight is 239 g/mol. The number of nitrogens with zero attached hydrogens (tertiary/aromatic N) is 1. The fraction of sp³-hybridized carbons (Fsp3) is 0.667. The average Bonchev–Trinajstić information content (AvgIpc) is 2.67. The first-order chi connectivity index (χ1) is 7.91. The number of likely N-dealkylation sites (tertiary alicyclic amines) is 1. The summed E-state index contributed by atoms with van der Waals surface area (Å²) in [6, 6.07) is -0.743. The zero-order valence-corrected chi connectivity index (χ0v) is 10.0. The fourth-order valence-electron chi connectivity index (χ4n) is 2.97. The van der Waals surface area contributed by atoms with Crippen LogP contribution in [0.5, 0.6) is 0 Å². The van der Waals surface area contributed by atoms with Gasteiger partial charge in [0.15, 0.2) is 0 Å². The van der Waals surface area contributed by atoms with Crippen molar-refractivity contribution in [3.05, 3.63) is 12.7 Å². The summed E-state index contributed by atoms with van der Waals surface area (Å²) in [5.41, 5.74) is 0.0261. The minimum Gasteiger partial charge on any atom is -0.480 e. The van der Waals surface area contributed by atoms with E-state index < -0.39 is 18.1 Å². The van der Waals surface area contributed by atoms with Crippen LogP contribution in [0, 0.1) is 17.3 Å². The van der Waals surface area contributed by atoms with E-state index in [0.717, 1.165) is 0 Å². The van der Waals surface area contributed by atoms with Crippen molar-refractivity contribution in [1.82, 2.24) is 4.90 Å². The van der Waals surface area contributed by atoms with E-state index >= 15 is 0 Å². The number of hydrogen-bond acceptors (Lipinski definition) is 3. The monoisotopic (exact) mass is 239 g/mol. The number of carboxylic acids is 1.